The van der Waals surface area contributed by atoms with Gasteiger partial charge in [0, 0.05) is 0 Å². The molecule has 2 N–H and O–H groups in total. The van der Waals surface area contributed by atoms with Crippen LogP contribution < -0.4 is 10.6 Å². The van der Waals surface area contributed by atoms with Crippen LogP contribution in [0, 0.1) is 0 Å². The highest BCUT2D eigenvalue weighted by Gasteiger charge is 2.16. The van der Waals surface area contributed by atoms with E-state index >= 15 is 0 Å². The molecule has 2 rings (SSSR count). The second-order valence-corrected chi connectivity index (χ2v) is 4.54. The van der Waals surface area contributed by atoms with E-state index in [1.54, 1.807) is 0 Å². The largest absolute Gasteiger partial charge is 0.366 e. The molecule has 0 saturated heterocycles. The van der Waals surface area contributed by atoms with E-state index < -0.39 is 0 Å². The van der Waals surface area contributed by atoms with Gasteiger partial charge in [0.1, 0.15) is 0 Å². The Hall–Kier alpha value is -1.18. The second kappa shape index (κ2) is 2.66. The Morgan fingerprint density at radius 3 is 2.46 bits per heavy atom. The molecule has 0 radical (unpaired) electrons. The van der Waals surface area contributed by atoms with E-state index in [1.165, 1.54) is 16.9 Å². The van der Waals surface area contributed by atoms with Gasteiger partial charge in [-0.2, -0.15) is 0 Å². The van der Waals surface area contributed by atoms with Gasteiger partial charge < -0.3 is 10.6 Å². The van der Waals surface area contributed by atoms with Gasteiger partial charge >= 0.3 is 0 Å². The van der Waals surface area contributed by atoms with Gasteiger partial charge in [-0.15, -0.1) is 0 Å². The highest BCUT2D eigenvalue weighted by atomic mass is 15.1. The summed E-state index contributed by atoms with van der Waals surface area (Å²) in [6.45, 7) is 7.55. The summed E-state index contributed by atoms with van der Waals surface area (Å²) in [6.07, 6.45) is 0. The molecular formula is C11H16N2. The first kappa shape index (κ1) is 8.42. The first-order chi connectivity index (χ1) is 6.07. The third-order valence-electron chi connectivity index (χ3n) is 2.44. The van der Waals surface area contributed by atoms with Crippen molar-refractivity contribution in [2.75, 3.05) is 17.3 Å². The van der Waals surface area contributed by atoms with Gasteiger partial charge in [-0.3, -0.25) is 0 Å². The lowest BCUT2D eigenvalue weighted by Crippen LogP contribution is -2.10. The molecule has 0 atom stereocenters. The zero-order valence-corrected chi connectivity index (χ0v) is 8.44. The van der Waals surface area contributed by atoms with Crippen LogP contribution in [-0.2, 0) is 5.41 Å². The third kappa shape index (κ3) is 1.48. The van der Waals surface area contributed by atoms with Crippen molar-refractivity contribution < 1.29 is 0 Å². The smallest absolute Gasteiger partial charge is 0.0850 e. The molecule has 0 bridgehead atoms. The maximum absolute atomic E-state index is 3.30. The fourth-order valence-corrected chi connectivity index (χ4v) is 1.55. The van der Waals surface area contributed by atoms with Gasteiger partial charge in [-0.25, -0.2) is 0 Å². The van der Waals surface area contributed by atoms with Crippen molar-refractivity contribution in [3.8, 4) is 0 Å². The molecule has 2 heteroatoms. The van der Waals surface area contributed by atoms with Gasteiger partial charge in [-0.1, -0.05) is 26.8 Å². The highest BCUT2D eigenvalue weighted by molar-refractivity contribution is 5.74. The van der Waals surface area contributed by atoms with Crippen LogP contribution >= 0.6 is 0 Å². The number of rotatable bonds is 0. The monoisotopic (exact) mass is 176 g/mol. The van der Waals surface area contributed by atoms with E-state index in [2.05, 4.69) is 49.6 Å². The summed E-state index contributed by atoms with van der Waals surface area (Å²) in [5, 5.41) is 6.57. The van der Waals surface area contributed by atoms with Crippen LogP contribution in [0.4, 0.5) is 11.4 Å². The van der Waals surface area contributed by atoms with Crippen LogP contribution in [0.15, 0.2) is 18.2 Å². The Balaban J connectivity index is 2.42. The molecule has 0 aromatic heterocycles. The lowest BCUT2D eigenvalue weighted by Gasteiger charge is -2.19. The van der Waals surface area contributed by atoms with E-state index in [0.717, 1.165) is 6.67 Å². The fraction of sp³-hybridized carbons (Fsp3) is 0.455. The molecule has 0 saturated carbocycles. The summed E-state index contributed by atoms with van der Waals surface area (Å²) in [5.74, 6) is 0. The van der Waals surface area contributed by atoms with Crippen molar-refractivity contribution in [3.63, 3.8) is 0 Å². The zero-order chi connectivity index (χ0) is 9.47. The van der Waals surface area contributed by atoms with Gasteiger partial charge in [-0.05, 0) is 23.1 Å². The lowest BCUT2D eigenvalue weighted by molar-refractivity contribution is 0.590. The molecule has 1 aromatic carbocycles. The maximum atomic E-state index is 3.30. The van der Waals surface area contributed by atoms with E-state index in [9.17, 15) is 0 Å². The van der Waals surface area contributed by atoms with Crippen LogP contribution in [0.2, 0.25) is 0 Å². The summed E-state index contributed by atoms with van der Waals surface area (Å²) in [4.78, 5) is 0. The van der Waals surface area contributed by atoms with Gasteiger partial charge in [0.2, 0.25) is 0 Å². The predicted molar refractivity (Wildman–Crippen MR) is 57.3 cm³/mol. The molecule has 0 spiro atoms. The molecule has 1 aliphatic heterocycles. The zero-order valence-electron chi connectivity index (χ0n) is 8.44. The van der Waals surface area contributed by atoms with Crippen LogP contribution in [-0.4, -0.2) is 6.67 Å². The standard InChI is InChI=1S/C11H16N2/c1-11(2,3)8-4-5-9-10(6-8)13-7-12-9/h4-6,12-13H,7H2,1-3H3. The molecule has 0 fully saturated rings. The minimum atomic E-state index is 0.235. The summed E-state index contributed by atoms with van der Waals surface area (Å²) < 4.78 is 0. The average Bonchev–Trinajstić information content (AvgIpc) is 2.47. The van der Waals surface area contributed by atoms with Crippen LogP contribution in [0.5, 0.6) is 0 Å². The molecule has 1 heterocycles. The molecule has 0 amide bonds. The van der Waals surface area contributed by atoms with Crippen molar-refractivity contribution in [1.29, 1.82) is 0 Å². The average molecular weight is 176 g/mol. The molecule has 1 aromatic rings. The molecule has 70 valence electrons. The second-order valence-electron chi connectivity index (χ2n) is 4.54. The first-order valence-corrected chi connectivity index (χ1v) is 4.70. The quantitative estimate of drug-likeness (QED) is 0.635. The van der Waals surface area contributed by atoms with Crippen LogP contribution in [0.3, 0.4) is 0 Å². The minimum absolute atomic E-state index is 0.235. The summed E-state index contributed by atoms with van der Waals surface area (Å²) in [7, 11) is 0. The van der Waals surface area contributed by atoms with E-state index in [0.29, 0.717) is 0 Å². The van der Waals surface area contributed by atoms with Crippen LogP contribution in [0.25, 0.3) is 0 Å². The molecule has 1 aliphatic rings. The number of hydrogen-bond acceptors (Lipinski definition) is 2. The van der Waals surface area contributed by atoms with Crippen molar-refractivity contribution in [2.45, 2.75) is 26.2 Å². The lowest BCUT2D eigenvalue weighted by atomic mass is 9.87. The molecular weight excluding hydrogens is 160 g/mol. The number of nitrogens with one attached hydrogen (secondary N) is 2. The Labute approximate surface area is 79.4 Å². The first-order valence-electron chi connectivity index (χ1n) is 4.70. The number of fused-ring (bicyclic) bond motifs is 1. The van der Waals surface area contributed by atoms with Crippen LogP contribution in [0.1, 0.15) is 26.3 Å². The topological polar surface area (TPSA) is 24.1 Å². The molecule has 0 unspecified atom stereocenters. The molecule has 0 aliphatic carbocycles. The summed E-state index contributed by atoms with van der Waals surface area (Å²) >= 11 is 0. The van der Waals surface area contributed by atoms with Gasteiger partial charge in [0.05, 0.1) is 18.0 Å². The van der Waals surface area contributed by atoms with Crippen molar-refractivity contribution >= 4 is 11.4 Å². The fourth-order valence-electron chi connectivity index (χ4n) is 1.55. The maximum Gasteiger partial charge on any atom is 0.0850 e. The third-order valence-corrected chi connectivity index (χ3v) is 2.44. The SMILES string of the molecule is CC(C)(C)c1ccc2c(c1)NCN2. The van der Waals surface area contributed by atoms with Crippen molar-refractivity contribution in [2.24, 2.45) is 0 Å². The van der Waals surface area contributed by atoms with E-state index in [4.69, 9.17) is 0 Å². The Morgan fingerprint density at radius 2 is 1.77 bits per heavy atom. The number of anilines is 2. The normalized spacial score (nSPS) is 14.7. The predicted octanol–water partition coefficient (Wildman–Crippen LogP) is 2.78. The minimum Gasteiger partial charge on any atom is -0.366 e. The van der Waals surface area contributed by atoms with E-state index in [-0.39, 0.29) is 5.41 Å². The van der Waals surface area contributed by atoms with E-state index in [1.807, 2.05) is 0 Å². The number of hydrogen-bond donors (Lipinski definition) is 2. The number of benzene rings is 1. The Kier molecular flexibility index (Phi) is 1.72. The van der Waals surface area contributed by atoms with Crippen molar-refractivity contribution in [1.82, 2.24) is 0 Å². The van der Waals surface area contributed by atoms with Crippen molar-refractivity contribution in [3.05, 3.63) is 23.8 Å². The summed E-state index contributed by atoms with van der Waals surface area (Å²) in [6, 6.07) is 6.57. The molecule has 2 nitrogen and oxygen atoms in total. The Morgan fingerprint density at radius 1 is 1.08 bits per heavy atom. The van der Waals surface area contributed by atoms with Gasteiger partial charge in [0.25, 0.3) is 0 Å². The Bertz CT molecular complexity index is 323. The van der Waals surface area contributed by atoms with Gasteiger partial charge in [0.15, 0.2) is 0 Å². The molecule has 13 heavy (non-hydrogen) atoms. The highest BCUT2D eigenvalue weighted by Crippen LogP contribution is 2.31. The summed E-state index contributed by atoms with van der Waals surface area (Å²) in [5.41, 5.74) is 4.06.